The summed E-state index contributed by atoms with van der Waals surface area (Å²) in [6.45, 7) is 6.03. The Hall–Kier alpha value is -3.69. The number of aromatic nitrogens is 1. The predicted molar refractivity (Wildman–Crippen MR) is 159 cm³/mol. The second-order valence-electron chi connectivity index (χ2n) is 9.34. The van der Waals surface area contributed by atoms with Crippen LogP contribution in [0.25, 0.3) is 17.4 Å². The van der Waals surface area contributed by atoms with E-state index < -0.39 is 12.0 Å². The molecule has 0 saturated carbocycles. The molecule has 4 aromatic rings. The number of aryl methyl sites for hydroxylation is 1. The lowest BCUT2D eigenvalue weighted by Crippen LogP contribution is -2.40. The number of ether oxygens (including phenoxy) is 2. The molecule has 0 spiro atoms. The van der Waals surface area contributed by atoms with Crippen molar-refractivity contribution in [2.45, 2.75) is 39.7 Å². The van der Waals surface area contributed by atoms with Crippen LogP contribution in [0.3, 0.4) is 0 Å². The second-order valence-corrected chi connectivity index (χ2v) is 11.2. The van der Waals surface area contributed by atoms with Crippen LogP contribution < -0.4 is 19.6 Å². The molecule has 40 heavy (non-hydrogen) atoms. The first kappa shape index (κ1) is 27.9. The number of benzene rings is 2. The van der Waals surface area contributed by atoms with Crippen molar-refractivity contribution in [3.05, 3.63) is 107 Å². The Morgan fingerprint density at radius 2 is 1.98 bits per heavy atom. The van der Waals surface area contributed by atoms with Crippen LogP contribution in [0.15, 0.2) is 84.5 Å². The van der Waals surface area contributed by atoms with Crippen LogP contribution in [0.1, 0.15) is 49.6 Å². The Morgan fingerprint density at radius 1 is 1.18 bits per heavy atom. The smallest absolute Gasteiger partial charge is 0.338 e. The molecule has 7 nitrogen and oxygen atoms in total. The van der Waals surface area contributed by atoms with Crippen molar-refractivity contribution in [1.82, 2.24) is 4.57 Å². The molecule has 2 aromatic heterocycles. The second kappa shape index (κ2) is 11.8. The average molecular weight is 622 g/mol. The summed E-state index contributed by atoms with van der Waals surface area (Å²) < 4.78 is 20.2. The standard InChI is InChI=1S/C31H29BrN2O5S/c1-5-9-23-27(30(36)38-6-2)28(21-10-7-8-11-24(21)37-4)34-29(35)26(40-31(34)33-23)17-19-13-15-25(39-19)20-14-12-18(3)16-22(20)32/h7-8,10-17,28H,5-6,9H2,1-4H3/b26-17-. The van der Waals surface area contributed by atoms with Gasteiger partial charge in [0.05, 0.1) is 29.5 Å². The molecule has 1 aliphatic heterocycles. The SMILES string of the molecule is CCCC1=C(C(=O)OCC)C(c2ccccc2OC)n2c(s/c(=C\c3ccc(-c4ccc(C)cc4Br)o3)c2=O)=N1. The minimum atomic E-state index is -0.745. The van der Waals surface area contributed by atoms with E-state index in [1.807, 2.05) is 68.4 Å². The van der Waals surface area contributed by atoms with Crippen molar-refractivity contribution < 1.29 is 18.7 Å². The molecule has 0 N–H and O–H groups in total. The van der Waals surface area contributed by atoms with Crippen molar-refractivity contribution in [2.75, 3.05) is 13.7 Å². The summed E-state index contributed by atoms with van der Waals surface area (Å²) >= 11 is 4.88. The largest absolute Gasteiger partial charge is 0.496 e. The van der Waals surface area contributed by atoms with E-state index in [1.54, 1.807) is 24.7 Å². The molecular weight excluding hydrogens is 592 g/mol. The quantitative estimate of drug-likeness (QED) is 0.228. The van der Waals surface area contributed by atoms with Crippen molar-refractivity contribution in [2.24, 2.45) is 4.99 Å². The third kappa shape index (κ3) is 5.23. The summed E-state index contributed by atoms with van der Waals surface area (Å²) in [7, 11) is 1.57. The van der Waals surface area contributed by atoms with E-state index >= 15 is 0 Å². The third-order valence-corrected chi connectivity index (χ3v) is 8.25. The number of carbonyl (C=O) groups excluding carboxylic acids is 1. The minimum Gasteiger partial charge on any atom is -0.496 e. The number of para-hydroxylation sites is 1. The number of allylic oxidation sites excluding steroid dienone is 1. The summed E-state index contributed by atoms with van der Waals surface area (Å²) in [5.41, 5.74) is 3.45. The summed E-state index contributed by atoms with van der Waals surface area (Å²) in [5, 5.41) is 0. The Kier molecular flexibility index (Phi) is 8.23. The molecule has 0 saturated heterocycles. The first-order valence-corrected chi connectivity index (χ1v) is 14.7. The lowest BCUT2D eigenvalue weighted by molar-refractivity contribution is -0.139. The number of thiazole rings is 1. The molecule has 0 aliphatic carbocycles. The van der Waals surface area contributed by atoms with Gasteiger partial charge in [0, 0.05) is 21.7 Å². The molecule has 9 heteroatoms. The van der Waals surface area contributed by atoms with Crippen molar-refractivity contribution >= 4 is 39.3 Å². The number of fused-ring (bicyclic) bond motifs is 1. The molecule has 5 rings (SSSR count). The van der Waals surface area contributed by atoms with E-state index in [1.165, 1.54) is 11.3 Å². The van der Waals surface area contributed by atoms with Gasteiger partial charge >= 0.3 is 5.97 Å². The Morgan fingerprint density at radius 3 is 2.70 bits per heavy atom. The Labute approximate surface area is 244 Å². The van der Waals surface area contributed by atoms with Gasteiger partial charge in [-0.2, -0.15) is 0 Å². The number of halogens is 1. The Balaban J connectivity index is 1.69. The van der Waals surface area contributed by atoms with Gasteiger partial charge in [-0.15, -0.1) is 0 Å². The minimum absolute atomic E-state index is 0.211. The highest BCUT2D eigenvalue weighted by molar-refractivity contribution is 9.10. The molecule has 0 fully saturated rings. The number of hydrogen-bond donors (Lipinski definition) is 0. The molecule has 3 heterocycles. The van der Waals surface area contributed by atoms with Crippen LogP contribution in [-0.2, 0) is 9.53 Å². The number of methoxy groups -OCH3 is 1. The number of carbonyl (C=O) groups is 1. The third-order valence-electron chi connectivity index (χ3n) is 6.62. The number of furan rings is 1. The normalized spacial score (nSPS) is 15.1. The van der Waals surface area contributed by atoms with Gasteiger partial charge in [0.1, 0.15) is 23.3 Å². The fourth-order valence-corrected chi connectivity index (χ4v) is 6.52. The maximum atomic E-state index is 14.0. The van der Waals surface area contributed by atoms with E-state index in [9.17, 15) is 9.59 Å². The molecule has 206 valence electrons. The predicted octanol–water partition coefficient (Wildman–Crippen LogP) is 5.92. The zero-order chi connectivity index (χ0) is 28.4. The monoisotopic (exact) mass is 620 g/mol. The van der Waals surface area contributed by atoms with E-state index in [0.29, 0.717) is 49.9 Å². The van der Waals surface area contributed by atoms with Crippen LogP contribution in [0, 0.1) is 6.92 Å². The van der Waals surface area contributed by atoms with E-state index in [0.717, 1.165) is 22.0 Å². The number of hydrogen-bond acceptors (Lipinski definition) is 7. The molecule has 1 unspecified atom stereocenters. The summed E-state index contributed by atoms with van der Waals surface area (Å²) in [6, 6.07) is 16.4. The first-order chi connectivity index (χ1) is 19.4. The average Bonchev–Trinajstić information content (AvgIpc) is 3.52. The van der Waals surface area contributed by atoms with Gasteiger partial charge in [0.2, 0.25) is 0 Å². The van der Waals surface area contributed by atoms with Crippen LogP contribution >= 0.6 is 27.3 Å². The maximum Gasteiger partial charge on any atom is 0.338 e. The molecule has 0 bridgehead atoms. The summed E-state index contributed by atoms with van der Waals surface area (Å²) in [6.07, 6.45) is 3.07. The fraction of sp³-hybridized carbons (Fsp3) is 0.258. The highest BCUT2D eigenvalue weighted by Gasteiger charge is 2.35. The molecule has 0 radical (unpaired) electrons. The van der Waals surface area contributed by atoms with Crippen molar-refractivity contribution in [3.8, 4) is 17.1 Å². The van der Waals surface area contributed by atoms with Gasteiger partial charge in [0.25, 0.3) is 5.56 Å². The molecular formula is C31H29BrN2O5S. The summed E-state index contributed by atoms with van der Waals surface area (Å²) in [5.74, 6) is 1.31. The van der Waals surface area contributed by atoms with Gasteiger partial charge in [-0.3, -0.25) is 9.36 Å². The lowest BCUT2D eigenvalue weighted by atomic mass is 9.93. The van der Waals surface area contributed by atoms with E-state index in [4.69, 9.17) is 18.9 Å². The van der Waals surface area contributed by atoms with E-state index in [-0.39, 0.29) is 12.2 Å². The zero-order valence-corrected chi connectivity index (χ0v) is 25.1. The molecule has 1 atom stereocenters. The fourth-order valence-electron chi connectivity index (χ4n) is 4.83. The Bertz CT molecular complexity index is 1800. The molecule has 2 aromatic carbocycles. The van der Waals surface area contributed by atoms with Gasteiger partial charge in [-0.1, -0.05) is 64.9 Å². The number of rotatable bonds is 8. The van der Waals surface area contributed by atoms with Gasteiger partial charge in [-0.25, -0.2) is 9.79 Å². The first-order valence-electron chi connectivity index (χ1n) is 13.1. The number of nitrogens with zero attached hydrogens (tertiary/aromatic N) is 2. The molecule has 1 aliphatic rings. The highest BCUT2D eigenvalue weighted by atomic mass is 79.9. The van der Waals surface area contributed by atoms with Crippen LogP contribution in [-0.4, -0.2) is 24.3 Å². The van der Waals surface area contributed by atoms with Gasteiger partial charge in [0.15, 0.2) is 4.80 Å². The summed E-state index contributed by atoms with van der Waals surface area (Å²) in [4.78, 5) is 32.7. The van der Waals surface area contributed by atoms with Crippen LogP contribution in [0.5, 0.6) is 5.75 Å². The van der Waals surface area contributed by atoms with Crippen LogP contribution in [0.2, 0.25) is 0 Å². The van der Waals surface area contributed by atoms with Crippen molar-refractivity contribution in [1.29, 1.82) is 0 Å². The van der Waals surface area contributed by atoms with Gasteiger partial charge in [-0.05, 0) is 56.2 Å². The van der Waals surface area contributed by atoms with Crippen LogP contribution in [0.4, 0.5) is 0 Å². The molecule has 0 amide bonds. The van der Waals surface area contributed by atoms with Gasteiger partial charge < -0.3 is 13.9 Å². The number of esters is 1. The zero-order valence-electron chi connectivity index (χ0n) is 22.7. The highest BCUT2D eigenvalue weighted by Crippen LogP contribution is 2.37. The van der Waals surface area contributed by atoms with E-state index in [2.05, 4.69) is 15.9 Å². The lowest BCUT2D eigenvalue weighted by Gasteiger charge is -2.26. The van der Waals surface area contributed by atoms with Crippen molar-refractivity contribution in [3.63, 3.8) is 0 Å². The topological polar surface area (TPSA) is 83.0 Å². The maximum absolute atomic E-state index is 14.0.